The van der Waals surface area contributed by atoms with Crippen molar-refractivity contribution in [3.05, 3.63) is 59.2 Å². The van der Waals surface area contributed by atoms with Crippen molar-refractivity contribution in [2.75, 3.05) is 31.6 Å². The molecule has 1 aromatic heterocycles. The molecule has 5 nitrogen and oxygen atoms in total. The van der Waals surface area contributed by atoms with E-state index in [1.165, 1.54) is 18.9 Å². The normalized spacial score (nSPS) is 15.9. The molecule has 2 aromatic carbocycles. The highest BCUT2D eigenvalue weighted by Crippen LogP contribution is 2.42. The average molecular weight is 471 g/mol. The number of unbranched alkanes of at least 4 members (excludes halogenated alkanes) is 1. The topological polar surface area (TPSA) is 80.5 Å². The third kappa shape index (κ3) is 4.60. The van der Waals surface area contributed by atoms with Gasteiger partial charge in [0.2, 0.25) is 0 Å². The van der Waals surface area contributed by atoms with Gasteiger partial charge in [0.1, 0.15) is 0 Å². The number of likely N-dealkylation sites (tertiary alicyclic amines) is 1. The first-order chi connectivity index (χ1) is 15.3. The Bertz CT molecular complexity index is 1240. The summed E-state index contributed by atoms with van der Waals surface area (Å²) in [6.07, 6.45) is 5.70. The molecule has 170 valence electrons. The van der Waals surface area contributed by atoms with Crippen LogP contribution in [0.1, 0.15) is 60.0 Å². The fourth-order valence-corrected chi connectivity index (χ4v) is 6.58. The van der Waals surface area contributed by atoms with Crippen molar-refractivity contribution in [2.45, 2.75) is 43.4 Å². The van der Waals surface area contributed by atoms with Crippen LogP contribution >= 0.6 is 11.3 Å². The van der Waals surface area contributed by atoms with Crippen LogP contribution in [0.25, 0.3) is 10.1 Å². The number of nitrogen functional groups attached to an aromatic ring is 1. The van der Waals surface area contributed by atoms with E-state index in [0.717, 1.165) is 59.4 Å². The molecule has 3 aromatic rings. The number of hydrogen-bond donors (Lipinski definition) is 1. The number of nitrogens with zero attached hydrogens (tertiary/aromatic N) is 1. The highest BCUT2D eigenvalue weighted by atomic mass is 32.2. The number of hydrogen-bond acceptors (Lipinski definition) is 6. The summed E-state index contributed by atoms with van der Waals surface area (Å²) < 4.78 is 25.4. The lowest BCUT2D eigenvalue weighted by Crippen LogP contribution is -2.33. The number of nitrogens with two attached hydrogens (primary N) is 1. The van der Waals surface area contributed by atoms with Gasteiger partial charge in [0.15, 0.2) is 15.6 Å². The van der Waals surface area contributed by atoms with Gasteiger partial charge in [-0.2, -0.15) is 0 Å². The van der Waals surface area contributed by atoms with Crippen molar-refractivity contribution in [1.82, 2.24) is 4.90 Å². The lowest BCUT2D eigenvalue weighted by atomic mass is 9.87. The van der Waals surface area contributed by atoms with Crippen LogP contribution in [0, 0.1) is 0 Å². The molecule has 1 aliphatic heterocycles. The molecule has 0 aliphatic carbocycles. The van der Waals surface area contributed by atoms with Gasteiger partial charge in [-0.25, -0.2) is 8.42 Å². The summed E-state index contributed by atoms with van der Waals surface area (Å²) in [4.78, 5) is 15.9. The van der Waals surface area contributed by atoms with Crippen LogP contribution in [0.15, 0.2) is 47.4 Å². The Morgan fingerprint density at radius 1 is 1.16 bits per heavy atom. The van der Waals surface area contributed by atoms with Crippen LogP contribution in [-0.4, -0.2) is 45.0 Å². The van der Waals surface area contributed by atoms with E-state index in [1.807, 2.05) is 12.1 Å². The summed E-state index contributed by atoms with van der Waals surface area (Å²) in [5.74, 6) is 0.105. The number of rotatable bonds is 7. The molecule has 1 saturated heterocycles. The maximum Gasteiger partial charge on any atom is 0.194 e. The highest BCUT2D eigenvalue weighted by molar-refractivity contribution is 7.90. The number of sulfone groups is 1. The average Bonchev–Trinajstić information content (AvgIpc) is 3.12. The lowest BCUT2D eigenvalue weighted by molar-refractivity contribution is 0.103. The van der Waals surface area contributed by atoms with Crippen LogP contribution < -0.4 is 5.73 Å². The van der Waals surface area contributed by atoms with Crippen molar-refractivity contribution >= 4 is 42.0 Å². The standard InChI is InChI=1S/C25H30N2O3S2/c1-3-4-13-27-14-11-17(12-15-27)23-20-16-18(9-10-21(20)31-25(23)26)24(28)19-7-5-6-8-22(19)32(2,29)30/h5-10,16-17H,3-4,11-15,26H2,1-2H3. The van der Waals surface area contributed by atoms with E-state index in [2.05, 4.69) is 11.8 Å². The molecule has 1 fully saturated rings. The zero-order chi connectivity index (χ0) is 22.9. The Balaban J connectivity index is 1.67. The fourth-order valence-electron chi connectivity index (χ4n) is 4.66. The van der Waals surface area contributed by atoms with Crippen molar-refractivity contribution in [2.24, 2.45) is 0 Å². The first-order valence-corrected chi connectivity index (χ1v) is 13.9. The number of fused-ring (bicyclic) bond motifs is 1. The summed E-state index contributed by atoms with van der Waals surface area (Å²) >= 11 is 1.57. The van der Waals surface area contributed by atoms with E-state index in [-0.39, 0.29) is 16.2 Å². The van der Waals surface area contributed by atoms with Gasteiger partial charge in [-0.05, 0) is 86.1 Å². The molecule has 0 unspecified atom stereocenters. The van der Waals surface area contributed by atoms with Gasteiger partial charge in [0.05, 0.1) is 9.90 Å². The second kappa shape index (κ2) is 9.33. The highest BCUT2D eigenvalue weighted by Gasteiger charge is 2.26. The summed E-state index contributed by atoms with van der Waals surface area (Å²) in [7, 11) is -3.51. The van der Waals surface area contributed by atoms with Gasteiger partial charge in [-0.1, -0.05) is 25.5 Å². The molecule has 7 heteroatoms. The van der Waals surface area contributed by atoms with Crippen LogP contribution in [0.5, 0.6) is 0 Å². The first-order valence-electron chi connectivity index (χ1n) is 11.2. The van der Waals surface area contributed by atoms with Crippen LogP contribution in [0.3, 0.4) is 0 Å². The number of carbonyl (C=O) groups is 1. The third-order valence-corrected chi connectivity index (χ3v) is 8.54. The maximum absolute atomic E-state index is 13.3. The van der Waals surface area contributed by atoms with Gasteiger partial charge in [-0.15, -0.1) is 11.3 Å². The molecule has 0 atom stereocenters. The zero-order valence-corrected chi connectivity index (χ0v) is 20.3. The largest absolute Gasteiger partial charge is 0.390 e. The number of anilines is 1. The SMILES string of the molecule is CCCCN1CCC(c2c(N)sc3ccc(C(=O)c4ccccc4S(C)(=O)=O)cc23)CC1. The van der Waals surface area contributed by atoms with Crippen LogP contribution in [0.2, 0.25) is 0 Å². The van der Waals surface area contributed by atoms with Gasteiger partial charge in [0, 0.05) is 22.1 Å². The minimum Gasteiger partial charge on any atom is -0.390 e. The molecule has 0 bridgehead atoms. The molecule has 4 rings (SSSR count). The van der Waals surface area contributed by atoms with E-state index < -0.39 is 9.84 Å². The van der Waals surface area contributed by atoms with Crippen LogP contribution in [0.4, 0.5) is 5.00 Å². The fraction of sp³-hybridized carbons (Fsp3) is 0.400. The number of thiophene rings is 1. The number of carbonyl (C=O) groups excluding carboxylic acids is 1. The van der Waals surface area contributed by atoms with E-state index in [9.17, 15) is 13.2 Å². The first kappa shape index (κ1) is 23.0. The van der Waals surface area contributed by atoms with Crippen LogP contribution in [-0.2, 0) is 9.84 Å². The molecule has 0 saturated carbocycles. The summed E-state index contributed by atoms with van der Waals surface area (Å²) in [5.41, 5.74) is 8.32. The molecule has 0 spiro atoms. The number of benzene rings is 2. The van der Waals surface area contributed by atoms with Crippen molar-refractivity contribution in [3.63, 3.8) is 0 Å². The summed E-state index contributed by atoms with van der Waals surface area (Å²) in [6, 6.07) is 12.0. The number of ketones is 1. The Morgan fingerprint density at radius 2 is 1.88 bits per heavy atom. The molecule has 2 N–H and O–H groups in total. The Kier molecular flexibility index (Phi) is 6.70. The predicted molar refractivity (Wildman–Crippen MR) is 133 cm³/mol. The molecular formula is C25H30N2O3S2. The number of piperidine rings is 1. The van der Waals surface area contributed by atoms with E-state index in [4.69, 9.17) is 5.73 Å². The minimum atomic E-state index is -3.51. The van der Waals surface area contributed by atoms with Gasteiger partial charge in [-0.3, -0.25) is 4.79 Å². The predicted octanol–water partition coefficient (Wildman–Crippen LogP) is 5.10. The van der Waals surface area contributed by atoms with Crippen molar-refractivity contribution in [1.29, 1.82) is 0 Å². The monoisotopic (exact) mass is 470 g/mol. The molecular weight excluding hydrogens is 440 g/mol. The van der Waals surface area contributed by atoms with E-state index in [0.29, 0.717) is 11.5 Å². The molecule has 2 heterocycles. The Labute approximate surface area is 194 Å². The van der Waals surface area contributed by atoms with E-state index in [1.54, 1.807) is 35.6 Å². The summed E-state index contributed by atoms with van der Waals surface area (Å²) in [5, 5.41) is 1.86. The van der Waals surface area contributed by atoms with Crippen molar-refractivity contribution in [3.8, 4) is 0 Å². The van der Waals surface area contributed by atoms with Gasteiger partial charge in [0.25, 0.3) is 0 Å². The molecule has 0 radical (unpaired) electrons. The van der Waals surface area contributed by atoms with Crippen molar-refractivity contribution < 1.29 is 13.2 Å². The molecule has 0 amide bonds. The Morgan fingerprint density at radius 3 is 2.56 bits per heavy atom. The minimum absolute atomic E-state index is 0.0644. The second-order valence-electron chi connectivity index (χ2n) is 8.66. The maximum atomic E-state index is 13.3. The molecule has 1 aliphatic rings. The summed E-state index contributed by atoms with van der Waals surface area (Å²) in [6.45, 7) is 5.52. The smallest absolute Gasteiger partial charge is 0.194 e. The quantitative estimate of drug-likeness (QED) is 0.486. The Hall–Kier alpha value is -2.22. The van der Waals surface area contributed by atoms with Gasteiger partial charge < -0.3 is 10.6 Å². The second-order valence-corrected chi connectivity index (χ2v) is 11.7. The third-order valence-electron chi connectivity index (χ3n) is 6.37. The molecule has 32 heavy (non-hydrogen) atoms. The zero-order valence-electron chi connectivity index (χ0n) is 18.6. The van der Waals surface area contributed by atoms with Gasteiger partial charge >= 0.3 is 0 Å². The lowest BCUT2D eigenvalue weighted by Gasteiger charge is -2.32. The van der Waals surface area contributed by atoms with E-state index >= 15 is 0 Å².